The van der Waals surface area contributed by atoms with E-state index in [9.17, 15) is 9.90 Å². The number of benzene rings is 2. The highest BCUT2D eigenvalue weighted by molar-refractivity contribution is 9.10. The molecule has 128 valence electrons. The summed E-state index contributed by atoms with van der Waals surface area (Å²) < 4.78 is 2.20. The van der Waals surface area contributed by atoms with Gasteiger partial charge in [0.25, 0.3) is 5.56 Å². The van der Waals surface area contributed by atoms with Crippen LogP contribution >= 0.6 is 15.9 Å². The van der Waals surface area contributed by atoms with E-state index >= 15 is 0 Å². The Morgan fingerprint density at radius 2 is 2.00 bits per heavy atom. The molecule has 0 unspecified atom stereocenters. The molecule has 0 aliphatic rings. The lowest BCUT2D eigenvalue weighted by molar-refractivity contribution is 0.475. The minimum atomic E-state index is -0.188. The minimum Gasteiger partial charge on any atom is -0.508 e. The van der Waals surface area contributed by atoms with Crippen LogP contribution in [0, 0.1) is 0 Å². The van der Waals surface area contributed by atoms with Gasteiger partial charge >= 0.3 is 0 Å². The Morgan fingerprint density at radius 3 is 2.72 bits per heavy atom. The van der Waals surface area contributed by atoms with Crippen LogP contribution in [0.3, 0.4) is 0 Å². The Labute approximate surface area is 153 Å². The van der Waals surface area contributed by atoms with Crippen LogP contribution in [-0.2, 0) is 6.42 Å². The number of aromatic hydroxyl groups is 1. The number of hydrogen-bond donors (Lipinski definition) is 1. The molecule has 0 atom stereocenters. The van der Waals surface area contributed by atoms with Gasteiger partial charge in [0.05, 0.1) is 17.1 Å². The van der Waals surface area contributed by atoms with Crippen LogP contribution in [0.15, 0.2) is 56.8 Å². The van der Waals surface area contributed by atoms with Crippen molar-refractivity contribution in [3.05, 3.63) is 68.7 Å². The highest BCUT2D eigenvalue weighted by atomic mass is 79.9. The minimum absolute atomic E-state index is 0.188. The van der Waals surface area contributed by atoms with Crippen LogP contribution in [0.2, 0.25) is 0 Å². The Hall–Kier alpha value is -2.47. The first-order valence-corrected chi connectivity index (χ1v) is 8.92. The van der Waals surface area contributed by atoms with E-state index in [1.807, 2.05) is 12.1 Å². The van der Waals surface area contributed by atoms with E-state index in [0.29, 0.717) is 23.1 Å². The topological polar surface area (TPSA) is 67.5 Å². The molecular formula is C19H18BrN3O2. The number of rotatable bonds is 5. The molecule has 0 fully saturated rings. The Bertz CT molecular complexity index is 978. The quantitative estimate of drug-likeness (QED) is 0.656. The summed E-state index contributed by atoms with van der Waals surface area (Å²) in [5, 5.41) is 14.2. The first-order valence-electron chi connectivity index (χ1n) is 8.13. The second-order valence-corrected chi connectivity index (χ2v) is 6.66. The number of halogens is 1. The summed E-state index contributed by atoms with van der Waals surface area (Å²) in [6, 6.07) is 12.1. The average Bonchev–Trinajstić information content (AvgIpc) is 2.61. The number of unbranched alkanes of at least 4 members (excludes halogenated alkanes) is 1. The van der Waals surface area contributed by atoms with Crippen molar-refractivity contribution >= 4 is 33.0 Å². The van der Waals surface area contributed by atoms with E-state index in [1.54, 1.807) is 36.5 Å². The summed E-state index contributed by atoms with van der Waals surface area (Å²) in [5.74, 6) is 0.840. The van der Waals surface area contributed by atoms with Gasteiger partial charge in [-0.05, 0) is 54.4 Å². The molecule has 1 N–H and O–H groups in total. The van der Waals surface area contributed by atoms with E-state index in [1.165, 1.54) is 4.68 Å². The monoisotopic (exact) mass is 399 g/mol. The zero-order chi connectivity index (χ0) is 17.8. The maximum Gasteiger partial charge on any atom is 0.282 e. The fourth-order valence-electron chi connectivity index (χ4n) is 2.50. The molecule has 3 aromatic rings. The number of hydrogen-bond acceptors (Lipinski definition) is 4. The lowest BCUT2D eigenvalue weighted by atomic mass is 10.2. The number of aryl methyl sites for hydroxylation is 1. The zero-order valence-electron chi connectivity index (χ0n) is 13.8. The van der Waals surface area contributed by atoms with Crippen molar-refractivity contribution in [2.24, 2.45) is 5.10 Å². The molecular weight excluding hydrogens is 382 g/mol. The number of phenols is 1. The van der Waals surface area contributed by atoms with Crippen molar-refractivity contribution in [3.8, 4) is 5.75 Å². The van der Waals surface area contributed by atoms with Crippen molar-refractivity contribution < 1.29 is 5.11 Å². The summed E-state index contributed by atoms with van der Waals surface area (Å²) in [6.45, 7) is 2.10. The fraction of sp³-hybridized carbons (Fsp3) is 0.211. The Morgan fingerprint density at radius 1 is 1.24 bits per heavy atom. The lowest BCUT2D eigenvalue weighted by Crippen LogP contribution is -2.22. The zero-order valence-corrected chi connectivity index (χ0v) is 15.4. The third-order valence-corrected chi connectivity index (χ3v) is 4.34. The molecule has 1 aromatic heterocycles. The van der Waals surface area contributed by atoms with Gasteiger partial charge in [0.1, 0.15) is 11.6 Å². The second kappa shape index (κ2) is 7.61. The Kier molecular flexibility index (Phi) is 5.28. The predicted molar refractivity (Wildman–Crippen MR) is 103 cm³/mol. The molecule has 2 aromatic carbocycles. The van der Waals surface area contributed by atoms with E-state index in [2.05, 4.69) is 32.9 Å². The smallest absolute Gasteiger partial charge is 0.282 e. The van der Waals surface area contributed by atoms with E-state index in [0.717, 1.165) is 22.9 Å². The summed E-state index contributed by atoms with van der Waals surface area (Å²) >= 11 is 3.40. The molecule has 0 aliphatic carbocycles. The third kappa shape index (κ3) is 3.96. The van der Waals surface area contributed by atoms with Crippen LogP contribution in [-0.4, -0.2) is 21.0 Å². The van der Waals surface area contributed by atoms with Gasteiger partial charge in [0, 0.05) is 10.9 Å². The van der Waals surface area contributed by atoms with E-state index in [4.69, 9.17) is 0 Å². The molecule has 0 radical (unpaired) electrons. The van der Waals surface area contributed by atoms with Crippen molar-refractivity contribution in [3.63, 3.8) is 0 Å². The first-order chi connectivity index (χ1) is 12.1. The van der Waals surface area contributed by atoms with Gasteiger partial charge in [-0.2, -0.15) is 9.78 Å². The normalized spacial score (nSPS) is 11.4. The molecule has 0 bridgehead atoms. The second-order valence-electron chi connectivity index (χ2n) is 5.75. The maximum absolute atomic E-state index is 12.9. The molecule has 0 aliphatic heterocycles. The van der Waals surface area contributed by atoms with Crippen molar-refractivity contribution in [1.29, 1.82) is 0 Å². The van der Waals surface area contributed by atoms with Gasteiger partial charge in [0.2, 0.25) is 0 Å². The van der Waals surface area contributed by atoms with Gasteiger partial charge < -0.3 is 5.11 Å². The highest BCUT2D eigenvalue weighted by Gasteiger charge is 2.10. The molecule has 0 spiro atoms. The molecule has 3 rings (SSSR count). The summed E-state index contributed by atoms with van der Waals surface area (Å²) in [4.78, 5) is 17.5. The Balaban J connectivity index is 2.11. The standard InChI is InChI=1S/C19H18BrN3O2/c1-2-3-4-18-22-17-10-7-14(20)11-16(17)19(25)23(18)21-12-13-5-8-15(24)9-6-13/h5-12,24H,2-4H2,1H3. The molecule has 5 nitrogen and oxygen atoms in total. The maximum atomic E-state index is 12.9. The van der Waals surface area contributed by atoms with Crippen LogP contribution in [0.1, 0.15) is 31.2 Å². The number of fused-ring (bicyclic) bond motifs is 1. The number of nitrogens with zero attached hydrogens (tertiary/aromatic N) is 3. The fourth-order valence-corrected chi connectivity index (χ4v) is 2.86. The summed E-state index contributed by atoms with van der Waals surface area (Å²) in [7, 11) is 0. The number of aromatic nitrogens is 2. The van der Waals surface area contributed by atoms with Gasteiger partial charge in [-0.15, -0.1) is 0 Å². The predicted octanol–water partition coefficient (Wildman–Crippen LogP) is 4.09. The highest BCUT2D eigenvalue weighted by Crippen LogP contribution is 2.17. The summed E-state index contributed by atoms with van der Waals surface area (Å²) in [6.07, 6.45) is 4.23. The van der Waals surface area contributed by atoms with Crippen molar-refractivity contribution in [2.45, 2.75) is 26.2 Å². The molecule has 1 heterocycles. The first kappa shape index (κ1) is 17.4. The van der Waals surface area contributed by atoms with Gasteiger partial charge in [-0.3, -0.25) is 4.79 Å². The van der Waals surface area contributed by atoms with Crippen LogP contribution in [0.4, 0.5) is 0 Å². The van der Waals surface area contributed by atoms with Crippen LogP contribution < -0.4 is 5.56 Å². The largest absolute Gasteiger partial charge is 0.508 e. The lowest BCUT2D eigenvalue weighted by Gasteiger charge is -2.09. The molecule has 0 amide bonds. The third-order valence-electron chi connectivity index (χ3n) is 3.84. The SMILES string of the molecule is CCCCc1nc2ccc(Br)cc2c(=O)n1N=Cc1ccc(O)cc1. The van der Waals surface area contributed by atoms with Crippen molar-refractivity contribution in [2.75, 3.05) is 0 Å². The van der Waals surface area contributed by atoms with E-state index in [-0.39, 0.29) is 11.3 Å². The average molecular weight is 400 g/mol. The van der Waals surface area contributed by atoms with Gasteiger partial charge in [-0.1, -0.05) is 29.3 Å². The van der Waals surface area contributed by atoms with Crippen LogP contribution in [0.5, 0.6) is 5.75 Å². The molecule has 0 saturated heterocycles. The van der Waals surface area contributed by atoms with Crippen molar-refractivity contribution in [1.82, 2.24) is 9.66 Å². The molecule has 6 heteroatoms. The van der Waals surface area contributed by atoms with Gasteiger partial charge in [-0.25, -0.2) is 4.98 Å². The summed E-state index contributed by atoms with van der Waals surface area (Å²) in [5.41, 5.74) is 1.28. The number of phenolic OH excluding ortho intramolecular Hbond substituents is 1. The van der Waals surface area contributed by atoms with Gasteiger partial charge in [0.15, 0.2) is 0 Å². The molecule has 0 saturated carbocycles. The van der Waals surface area contributed by atoms with Crippen LogP contribution in [0.25, 0.3) is 10.9 Å². The molecule has 25 heavy (non-hydrogen) atoms. The van der Waals surface area contributed by atoms with E-state index < -0.39 is 0 Å².